The second-order valence-corrected chi connectivity index (χ2v) is 5.06. The number of amides is 1. The highest BCUT2D eigenvalue weighted by Gasteiger charge is 2.16. The molecule has 6 heteroatoms. The molecule has 23 heavy (non-hydrogen) atoms. The van der Waals surface area contributed by atoms with Crippen molar-refractivity contribution in [3.63, 3.8) is 0 Å². The summed E-state index contributed by atoms with van der Waals surface area (Å²) in [5, 5.41) is 9.74. The van der Waals surface area contributed by atoms with Crippen molar-refractivity contribution in [2.24, 2.45) is 0 Å². The molecule has 1 aliphatic rings. The average molecular weight is 307 g/mol. The quantitative estimate of drug-likeness (QED) is 0.779. The zero-order valence-corrected chi connectivity index (χ0v) is 12.1. The number of rotatable bonds is 3. The minimum absolute atomic E-state index is 0.202. The minimum Gasteiger partial charge on any atom is -0.454 e. The number of hydrogen-bond acceptors (Lipinski definition) is 4. The van der Waals surface area contributed by atoms with Gasteiger partial charge in [0, 0.05) is 17.3 Å². The molecular weight excluding hydrogens is 294 g/mol. The van der Waals surface area contributed by atoms with E-state index in [1.165, 1.54) is 0 Å². The maximum atomic E-state index is 12.3. The van der Waals surface area contributed by atoms with Gasteiger partial charge in [0.25, 0.3) is 5.91 Å². The Labute approximate surface area is 132 Å². The van der Waals surface area contributed by atoms with E-state index in [2.05, 4.69) is 15.5 Å². The van der Waals surface area contributed by atoms with Crippen molar-refractivity contribution in [1.29, 1.82) is 0 Å². The van der Waals surface area contributed by atoms with Crippen LogP contribution < -0.4 is 14.8 Å². The maximum absolute atomic E-state index is 12.3. The molecule has 1 aliphatic heterocycles. The van der Waals surface area contributed by atoms with Crippen molar-refractivity contribution in [3.8, 4) is 22.8 Å². The third kappa shape index (κ3) is 2.62. The van der Waals surface area contributed by atoms with E-state index in [4.69, 9.17) is 9.47 Å². The molecule has 1 aromatic heterocycles. The molecule has 0 bridgehead atoms. The Balaban J connectivity index is 1.52. The van der Waals surface area contributed by atoms with Crippen molar-refractivity contribution in [2.45, 2.75) is 0 Å². The largest absolute Gasteiger partial charge is 0.454 e. The van der Waals surface area contributed by atoms with Crippen molar-refractivity contribution in [1.82, 2.24) is 10.2 Å². The number of aromatic amines is 1. The summed E-state index contributed by atoms with van der Waals surface area (Å²) < 4.78 is 10.5. The van der Waals surface area contributed by atoms with Gasteiger partial charge in [-0.2, -0.15) is 5.10 Å². The van der Waals surface area contributed by atoms with Crippen molar-refractivity contribution >= 4 is 11.6 Å². The first kappa shape index (κ1) is 13.4. The first-order valence-corrected chi connectivity index (χ1v) is 7.11. The molecule has 1 amide bonds. The lowest BCUT2D eigenvalue weighted by atomic mass is 10.1. The van der Waals surface area contributed by atoms with E-state index in [9.17, 15) is 4.79 Å². The molecule has 2 N–H and O–H groups in total. The number of carbonyl (C=O) groups excluding carboxylic acids is 1. The highest BCUT2D eigenvalue weighted by atomic mass is 16.7. The lowest BCUT2D eigenvalue weighted by Gasteiger charge is -2.04. The Kier molecular flexibility index (Phi) is 3.20. The number of H-pyrrole nitrogens is 1. The third-order valence-corrected chi connectivity index (χ3v) is 3.52. The summed E-state index contributed by atoms with van der Waals surface area (Å²) in [5.41, 5.74) is 2.70. The molecule has 2 heterocycles. The summed E-state index contributed by atoms with van der Waals surface area (Å²) in [5.74, 6) is 1.03. The molecule has 6 nitrogen and oxygen atoms in total. The number of hydrogen-bond donors (Lipinski definition) is 2. The van der Waals surface area contributed by atoms with Gasteiger partial charge in [-0.15, -0.1) is 0 Å². The van der Waals surface area contributed by atoms with E-state index in [1.807, 2.05) is 30.3 Å². The van der Waals surface area contributed by atoms with E-state index in [0.29, 0.717) is 22.9 Å². The smallest absolute Gasteiger partial charge is 0.273 e. The van der Waals surface area contributed by atoms with E-state index in [-0.39, 0.29) is 12.7 Å². The van der Waals surface area contributed by atoms with Gasteiger partial charge in [0.1, 0.15) is 5.69 Å². The first-order valence-electron chi connectivity index (χ1n) is 7.11. The van der Waals surface area contributed by atoms with Gasteiger partial charge in [-0.25, -0.2) is 0 Å². The van der Waals surface area contributed by atoms with Crippen LogP contribution in [0.2, 0.25) is 0 Å². The molecule has 0 atom stereocenters. The molecule has 0 aliphatic carbocycles. The number of carbonyl (C=O) groups is 1. The zero-order chi connectivity index (χ0) is 15.6. The number of nitrogens with zero attached hydrogens (tertiary/aromatic N) is 1. The molecule has 2 aromatic carbocycles. The number of nitrogens with one attached hydrogen (secondary N) is 2. The average Bonchev–Trinajstić information content (AvgIpc) is 3.24. The van der Waals surface area contributed by atoms with Crippen LogP contribution >= 0.6 is 0 Å². The Morgan fingerprint density at radius 2 is 1.87 bits per heavy atom. The van der Waals surface area contributed by atoms with Crippen molar-refractivity contribution in [2.75, 3.05) is 12.1 Å². The second-order valence-electron chi connectivity index (χ2n) is 5.06. The third-order valence-electron chi connectivity index (χ3n) is 3.52. The maximum Gasteiger partial charge on any atom is 0.273 e. The fourth-order valence-corrected chi connectivity index (χ4v) is 2.37. The van der Waals surface area contributed by atoms with Gasteiger partial charge in [-0.1, -0.05) is 30.3 Å². The number of benzene rings is 2. The Bertz CT molecular complexity index is 859. The van der Waals surface area contributed by atoms with E-state index in [0.717, 1.165) is 11.3 Å². The van der Waals surface area contributed by atoms with Crippen LogP contribution in [0.4, 0.5) is 5.69 Å². The summed E-state index contributed by atoms with van der Waals surface area (Å²) in [6.45, 7) is 0.202. The molecule has 114 valence electrons. The number of fused-ring (bicyclic) bond motifs is 1. The number of anilines is 1. The van der Waals surface area contributed by atoms with Crippen LogP contribution in [0.5, 0.6) is 11.5 Å². The van der Waals surface area contributed by atoms with Gasteiger partial charge in [-0.3, -0.25) is 9.89 Å². The van der Waals surface area contributed by atoms with Gasteiger partial charge < -0.3 is 14.8 Å². The van der Waals surface area contributed by atoms with Crippen LogP contribution in [0.25, 0.3) is 11.3 Å². The van der Waals surface area contributed by atoms with Crippen LogP contribution in [0.1, 0.15) is 10.5 Å². The molecule has 0 unspecified atom stereocenters. The topological polar surface area (TPSA) is 76.2 Å². The number of ether oxygens (including phenoxy) is 2. The predicted octanol–water partition coefficient (Wildman–Crippen LogP) is 3.06. The molecule has 0 saturated carbocycles. The van der Waals surface area contributed by atoms with E-state index in [1.54, 1.807) is 24.3 Å². The Morgan fingerprint density at radius 1 is 1.04 bits per heavy atom. The lowest BCUT2D eigenvalue weighted by Crippen LogP contribution is -2.12. The van der Waals surface area contributed by atoms with Crippen LogP contribution in [-0.2, 0) is 0 Å². The molecule has 0 saturated heterocycles. The molecule has 0 spiro atoms. The summed E-state index contributed by atoms with van der Waals surface area (Å²) in [4.78, 5) is 12.3. The van der Waals surface area contributed by atoms with Gasteiger partial charge in [0.2, 0.25) is 6.79 Å². The summed E-state index contributed by atoms with van der Waals surface area (Å²) in [6.07, 6.45) is 0. The van der Waals surface area contributed by atoms with Gasteiger partial charge in [0.15, 0.2) is 11.5 Å². The van der Waals surface area contributed by atoms with E-state index >= 15 is 0 Å². The summed E-state index contributed by atoms with van der Waals surface area (Å²) in [7, 11) is 0. The lowest BCUT2D eigenvalue weighted by molar-refractivity contribution is 0.102. The monoisotopic (exact) mass is 307 g/mol. The summed E-state index contributed by atoms with van der Waals surface area (Å²) >= 11 is 0. The standard InChI is InChI=1S/C17H13N3O3/c21-17(18-12-6-7-15-16(8-12)23-10-22-15)14-9-13(19-20-14)11-4-2-1-3-5-11/h1-9H,10H2,(H,18,21)(H,19,20). The SMILES string of the molecule is O=C(Nc1ccc2c(c1)OCO2)c1cc(-c2ccccc2)n[nH]1. The Morgan fingerprint density at radius 3 is 2.74 bits per heavy atom. The zero-order valence-electron chi connectivity index (χ0n) is 12.1. The molecule has 0 radical (unpaired) electrons. The van der Waals surface area contributed by atoms with Crippen molar-refractivity contribution < 1.29 is 14.3 Å². The van der Waals surface area contributed by atoms with Gasteiger partial charge in [-0.05, 0) is 18.2 Å². The van der Waals surface area contributed by atoms with Crippen LogP contribution in [0, 0.1) is 0 Å². The predicted molar refractivity (Wildman–Crippen MR) is 84.5 cm³/mol. The summed E-state index contributed by atoms with van der Waals surface area (Å²) in [6, 6.07) is 16.6. The molecule has 3 aromatic rings. The fraction of sp³-hybridized carbons (Fsp3) is 0.0588. The molecule has 4 rings (SSSR count). The highest BCUT2D eigenvalue weighted by molar-refractivity contribution is 6.03. The second kappa shape index (κ2) is 5.49. The Hall–Kier alpha value is -3.28. The normalized spacial score (nSPS) is 12.2. The van der Waals surface area contributed by atoms with Crippen LogP contribution in [0.15, 0.2) is 54.6 Å². The van der Waals surface area contributed by atoms with Crippen LogP contribution in [-0.4, -0.2) is 22.9 Å². The first-order chi connectivity index (χ1) is 11.3. The molecular formula is C17H13N3O3. The van der Waals surface area contributed by atoms with Gasteiger partial charge >= 0.3 is 0 Å². The number of aromatic nitrogens is 2. The van der Waals surface area contributed by atoms with Crippen molar-refractivity contribution in [3.05, 3.63) is 60.3 Å². The molecule has 0 fully saturated rings. The fourth-order valence-electron chi connectivity index (χ4n) is 2.37. The highest BCUT2D eigenvalue weighted by Crippen LogP contribution is 2.34. The minimum atomic E-state index is -0.265. The van der Waals surface area contributed by atoms with E-state index < -0.39 is 0 Å². The van der Waals surface area contributed by atoms with Crippen LogP contribution in [0.3, 0.4) is 0 Å². The van der Waals surface area contributed by atoms with Gasteiger partial charge in [0.05, 0.1) is 5.69 Å².